The van der Waals surface area contributed by atoms with Crippen LogP contribution in [0.1, 0.15) is 23.2 Å². The molecule has 3 heterocycles. The van der Waals surface area contributed by atoms with E-state index in [-0.39, 0.29) is 5.91 Å². The van der Waals surface area contributed by atoms with Crippen molar-refractivity contribution in [3.8, 4) is 11.5 Å². The van der Waals surface area contributed by atoms with Gasteiger partial charge in [0.15, 0.2) is 11.5 Å². The third-order valence-corrected chi connectivity index (χ3v) is 4.85. The highest BCUT2D eigenvalue weighted by molar-refractivity contribution is 5.95. The average molecular weight is 288 g/mol. The lowest BCUT2D eigenvalue weighted by Gasteiger charge is -2.23. The number of ether oxygens (including phenoxy) is 2. The second-order valence-electron chi connectivity index (χ2n) is 6.26. The quantitative estimate of drug-likeness (QED) is 0.846. The Morgan fingerprint density at radius 1 is 1.19 bits per heavy atom. The Kier molecular flexibility index (Phi) is 3.03. The Morgan fingerprint density at radius 3 is 2.86 bits per heavy atom. The van der Waals surface area contributed by atoms with E-state index in [1.54, 1.807) is 0 Å². The van der Waals surface area contributed by atoms with Crippen molar-refractivity contribution >= 4 is 5.91 Å². The van der Waals surface area contributed by atoms with Gasteiger partial charge in [-0.3, -0.25) is 4.79 Å². The summed E-state index contributed by atoms with van der Waals surface area (Å²) >= 11 is 0. The molecular weight excluding hydrogens is 268 g/mol. The van der Waals surface area contributed by atoms with Gasteiger partial charge in [0.05, 0.1) is 0 Å². The molecule has 1 atom stereocenters. The molecule has 1 aromatic rings. The second kappa shape index (κ2) is 4.91. The molecule has 2 fully saturated rings. The number of hydrogen-bond donors (Lipinski definition) is 1. The second-order valence-corrected chi connectivity index (χ2v) is 6.26. The Hall–Kier alpha value is -1.75. The zero-order chi connectivity index (χ0) is 14.3. The van der Waals surface area contributed by atoms with Crippen LogP contribution in [-0.2, 0) is 0 Å². The number of likely N-dealkylation sites (tertiary alicyclic amines) is 1. The van der Waals surface area contributed by atoms with E-state index < -0.39 is 0 Å². The molecule has 5 nitrogen and oxygen atoms in total. The lowest BCUT2D eigenvalue weighted by Crippen LogP contribution is -2.33. The minimum Gasteiger partial charge on any atom is -0.486 e. The molecule has 0 radical (unpaired) electrons. The van der Waals surface area contributed by atoms with Gasteiger partial charge in [-0.05, 0) is 37.6 Å². The van der Waals surface area contributed by atoms with E-state index in [0.717, 1.165) is 38.3 Å². The molecular formula is C16H20N2O3. The molecule has 3 aliphatic heterocycles. The summed E-state index contributed by atoms with van der Waals surface area (Å²) in [5.74, 6) is 1.52. The minimum atomic E-state index is 0.107. The van der Waals surface area contributed by atoms with Crippen LogP contribution in [0.2, 0.25) is 0 Å². The largest absolute Gasteiger partial charge is 0.486 e. The molecule has 0 bridgehead atoms. The highest BCUT2D eigenvalue weighted by Crippen LogP contribution is 2.37. The molecule has 5 heteroatoms. The molecule has 0 aromatic heterocycles. The fourth-order valence-corrected chi connectivity index (χ4v) is 3.61. The number of nitrogens with zero attached hydrogens (tertiary/aromatic N) is 1. The third kappa shape index (κ3) is 2.25. The third-order valence-electron chi connectivity index (χ3n) is 4.85. The van der Waals surface area contributed by atoms with Crippen LogP contribution >= 0.6 is 0 Å². The van der Waals surface area contributed by atoms with E-state index in [4.69, 9.17) is 9.47 Å². The number of rotatable bonds is 1. The summed E-state index contributed by atoms with van der Waals surface area (Å²) in [6.45, 7) is 4.96. The van der Waals surface area contributed by atoms with Crippen molar-refractivity contribution in [2.45, 2.75) is 12.8 Å². The highest BCUT2D eigenvalue weighted by Gasteiger charge is 2.42. The van der Waals surface area contributed by atoms with Crippen LogP contribution in [0.25, 0.3) is 0 Å². The Bertz CT molecular complexity index is 567. The summed E-state index contributed by atoms with van der Waals surface area (Å²) in [6.07, 6.45) is 2.29. The van der Waals surface area contributed by atoms with Crippen molar-refractivity contribution in [2.75, 3.05) is 39.4 Å². The summed E-state index contributed by atoms with van der Waals surface area (Å²) in [4.78, 5) is 14.7. The van der Waals surface area contributed by atoms with E-state index >= 15 is 0 Å². The van der Waals surface area contributed by atoms with Crippen LogP contribution in [0.4, 0.5) is 0 Å². The number of carbonyl (C=O) groups is 1. The molecule has 112 valence electrons. The van der Waals surface area contributed by atoms with Crippen molar-refractivity contribution in [1.29, 1.82) is 0 Å². The van der Waals surface area contributed by atoms with Crippen molar-refractivity contribution in [3.05, 3.63) is 23.8 Å². The van der Waals surface area contributed by atoms with Gasteiger partial charge in [0.2, 0.25) is 0 Å². The minimum absolute atomic E-state index is 0.107. The van der Waals surface area contributed by atoms with Gasteiger partial charge in [-0.1, -0.05) is 0 Å². The molecule has 4 rings (SSSR count). The monoisotopic (exact) mass is 288 g/mol. The van der Waals surface area contributed by atoms with Gasteiger partial charge in [-0.15, -0.1) is 0 Å². The van der Waals surface area contributed by atoms with Gasteiger partial charge in [-0.25, -0.2) is 0 Å². The fourth-order valence-electron chi connectivity index (χ4n) is 3.61. The molecule has 21 heavy (non-hydrogen) atoms. The smallest absolute Gasteiger partial charge is 0.254 e. The standard InChI is InChI=1S/C16H20N2O3/c19-15(18-6-4-16(11-18)3-5-17-10-16)12-1-2-13-14(9-12)21-8-7-20-13/h1-2,9,17H,3-8,10-11H2. The number of nitrogens with one attached hydrogen (secondary N) is 1. The van der Waals surface area contributed by atoms with E-state index in [1.165, 1.54) is 6.42 Å². The van der Waals surface area contributed by atoms with Crippen LogP contribution in [0, 0.1) is 5.41 Å². The van der Waals surface area contributed by atoms with Gasteiger partial charge in [-0.2, -0.15) is 0 Å². The molecule has 1 spiro atoms. The molecule has 0 saturated carbocycles. The van der Waals surface area contributed by atoms with E-state index in [0.29, 0.717) is 29.9 Å². The number of benzene rings is 1. The van der Waals surface area contributed by atoms with Gasteiger partial charge in [0.1, 0.15) is 13.2 Å². The maximum absolute atomic E-state index is 12.7. The van der Waals surface area contributed by atoms with Crippen molar-refractivity contribution < 1.29 is 14.3 Å². The maximum atomic E-state index is 12.7. The Balaban J connectivity index is 1.52. The van der Waals surface area contributed by atoms with Crippen molar-refractivity contribution in [2.24, 2.45) is 5.41 Å². The molecule has 2 saturated heterocycles. The summed E-state index contributed by atoms with van der Waals surface area (Å²) in [6, 6.07) is 5.49. The first kappa shape index (κ1) is 13.0. The van der Waals surface area contributed by atoms with Gasteiger partial charge >= 0.3 is 0 Å². The van der Waals surface area contributed by atoms with Crippen LogP contribution in [0.15, 0.2) is 18.2 Å². The molecule has 1 amide bonds. The SMILES string of the molecule is O=C(c1ccc2c(c1)OCCO2)N1CCC2(CCNC2)C1. The summed E-state index contributed by atoms with van der Waals surface area (Å²) in [5.41, 5.74) is 1.01. The van der Waals surface area contributed by atoms with E-state index in [2.05, 4.69) is 5.32 Å². The summed E-state index contributed by atoms with van der Waals surface area (Å²) < 4.78 is 11.1. The highest BCUT2D eigenvalue weighted by atomic mass is 16.6. The van der Waals surface area contributed by atoms with Crippen molar-refractivity contribution in [3.63, 3.8) is 0 Å². The normalized spacial score (nSPS) is 27.3. The first-order valence-electron chi connectivity index (χ1n) is 7.66. The van der Waals surface area contributed by atoms with E-state index in [1.807, 2.05) is 23.1 Å². The summed E-state index contributed by atoms with van der Waals surface area (Å²) in [5, 5.41) is 3.42. The number of carbonyl (C=O) groups excluding carboxylic acids is 1. The number of fused-ring (bicyclic) bond motifs is 1. The van der Waals surface area contributed by atoms with Gasteiger partial charge in [0.25, 0.3) is 5.91 Å². The first-order chi connectivity index (χ1) is 10.3. The maximum Gasteiger partial charge on any atom is 0.254 e. The average Bonchev–Trinajstić information content (AvgIpc) is 3.17. The van der Waals surface area contributed by atoms with Crippen molar-refractivity contribution in [1.82, 2.24) is 10.2 Å². The number of hydrogen-bond acceptors (Lipinski definition) is 4. The summed E-state index contributed by atoms with van der Waals surface area (Å²) in [7, 11) is 0. The van der Waals surface area contributed by atoms with Crippen LogP contribution in [0.3, 0.4) is 0 Å². The molecule has 0 aliphatic carbocycles. The Labute approximate surface area is 124 Å². The van der Waals surface area contributed by atoms with E-state index in [9.17, 15) is 4.79 Å². The predicted octanol–water partition coefficient (Wildman–Crippen LogP) is 1.28. The number of amides is 1. The molecule has 3 aliphatic rings. The topological polar surface area (TPSA) is 50.8 Å². The lowest BCUT2D eigenvalue weighted by atomic mass is 9.86. The Morgan fingerprint density at radius 2 is 2.05 bits per heavy atom. The van der Waals surface area contributed by atoms with Crippen LogP contribution in [-0.4, -0.2) is 50.2 Å². The van der Waals surface area contributed by atoms with Crippen LogP contribution in [0.5, 0.6) is 11.5 Å². The fraction of sp³-hybridized carbons (Fsp3) is 0.562. The molecule has 1 unspecified atom stereocenters. The van der Waals surface area contributed by atoms with Gasteiger partial charge < -0.3 is 19.7 Å². The lowest BCUT2D eigenvalue weighted by molar-refractivity contribution is 0.0774. The zero-order valence-corrected chi connectivity index (χ0v) is 12.1. The predicted molar refractivity (Wildman–Crippen MR) is 77.9 cm³/mol. The van der Waals surface area contributed by atoms with Gasteiger partial charge in [0, 0.05) is 30.6 Å². The first-order valence-corrected chi connectivity index (χ1v) is 7.66. The molecule has 1 aromatic carbocycles. The molecule has 1 N–H and O–H groups in total. The van der Waals surface area contributed by atoms with Crippen LogP contribution < -0.4 is 14.8 Å². The zero-order valence-electron chi connectivity index (χ0n) is 12.1.